The largest absolute Gasteiger partial charge is 0.325 e. The van der Waals surface area contributed by atoms with Gasteiger partial charge in [0.15, 0.2) is 5.94 Å². The molecule has 0 bridgehead atoms. The van der Waals surface area contributed by atoms with Gasteiger partial charge < -0.3 is 4.90 Å². The number of nitrogens with zero attached hydrogens (tertiary/aromatic N) is 3. The SMILES string of the molecule is CN1C=NC=C(C#N)C1=C=O. The van der Waals surface area contributed by atoms with Gasteiger partial charge in [0.1, 0.15) is 17.3 Å². The van der Waals surface area contributed by atoms with Crippen LogP contribution in [-0.4, -0.2) is 24.2 Å². The zero-order chi connectivity index (χ0) is 8.27. The molecule has 0 amide bonds. The van der Waals surface area contributed by atoms with Crippen LogP contribution < -0.4 is 0 Å². The monoisotopic (exact) mass is 147 g/mol. The minimum Gasteiger partial charge on any atom is -0.325 e. The Bertz CT molecular complexity index is 315. The summed E-state index contributed by atoms with van der Waals surface area (Å²) in [5.74, 6) is 1.67. The lowest BCUT2D eigenvalue weighted by atomic mass is 10.2. The third-order valence-corrected chi connectivity index (χ3v) is 1.27. The second-order valence-electron chi connectivity index (χ2n) is 1.98. The van der Waals surface area contributed by atoms with E-state index in [1.54, 1.807) is 13.0 Å². The van der Waals surface area contributed by atoms with Crippen molar-refractivity contribution in [2.75, 3.05) is 7.05 Å². The molecule has 0 spiro atoms. The van der Waals surface area contributed by atoms with Crippen molar-refractivity contribution in [3.05, 3.63) is 17.5 Å². The number of rotatable bonds is 0. The van der Waals surface area contributed by atoms with E-state index in [9.17, 15) is 4.79 Å². The molecule has 1 rings (SSSR count). The molecule has 0 atom stereocenters. The minimum atomic E-state index is 0.225. The Morgan fingerprint density at radius 2 is 2.45 bits per heavy atom. The van der Waals surface area contributed by atoms with E-state index in [1.165, 1.54) is 17.4 Å². The van der Waals surface area contributed by atoms with E-state index in [2.05, 4.69) is 4.99 Å². The van der Waals surface area contributed by atoms with Gasteiger partial charge in [-0.15, -0.1) is 0 Å². The van der Waals surface area contributed by atoms with Crippen LogP contribution in [0.1, 0.15) is 0 Å². The standard InChI is InChI=1S/C7H5N3O/c1-10-5-9-3-6(2-8)7(10)4-11/h3,5H,1H3. The quantitative estimate of drug-likeness (QED) is 0.456. The third-order valence-electron chi connectivity index (χ3n) is 1.27. The third kappa shape index (κ3) is 1.18. The Balaban J connectivity index is 3.13. The summed E-state index contributed by atoms with van der Waals surface area (Å²) in [6, 6.07) is 1.84. The Kier molecular flexibility index (Phi) is 1.86. The van der Waals surface area contributed by atoms with Gasteiger partial charge >= 0.3 is 0 Å². The molecule has 0 unspecified atom stereocenters. The summed E-state index contributed by atoms with van der Waals surface area (Å²) in [6.45, 7) is 0. The molecule has 1 aliphatic heterocycles. The van der Waals surface area contributed by atoms with Crippen LogP contribution in [0.3, 0.4) is 0 Å². The Labute approximate surface area is 63.8 Å². The van der Waals surface area contributed by atoms with E-state index >= 15 is 0 Å². The van der Waals surface area contributed by atoms with Crippen LogP contribution >= 0.6 is 0 Å². The number of nitriles is 1. The van der Waals surface area contributed by atoms with Gasteiger partial charge in [0.25, 0.3) is 0 Å². The van der Waals surface area contributed by atoms with E-state index < -0.39 is 0 Å². The van der Waals surface area contributed by atoms with Gasteiger partial charge in [0.2, 0.25) is 0 Å². The Hall–Kier alpha value is -1.85. The van der Waals surface area contributed by atoms with Crippen molar-refractivity contribution in [1.29, 1.82) is 5.26 Å². The molecule has 0 aromatic carbocycles. The predicted octanol–water partition coefficient (Wildman–Crippen LogP) is 0.0831. The molecule has 4 heteroatoms. The van der Waals surface area contributed by atoms with Crippen LogP contribution in [-0.2, 0) is 4.79 Å². The molecular formula is C7H5N3O. The molecule has 1 heterocycles. The fraction of sp³-hybridized carbons (Fsp3) is 0.143. The van der Waals surface area contributed by atoms with E-state index in [0.29, 0.717) is 0 Å². The highest BCUT2D eigenvalue weighted by atomic mass is 16.1. The summed E-state index contributed by atoms with van der Waals surface area (Å²) < 4.78 is 0. The molecular weight excluding hydrogens is 142 g/mol. The van der Waals surface area contributed by atoms with Crippen molar-refractivity contribution in [2.24, 2.45) is 4.99 Å². The molecule has 0 radical (unpaired) electrons. The average molecular weight is 147 g/mol. The lowest BCUT2D eigenvalue weighted by Gasteiger charge is -2.14. The van der Waals surface area contributed by atoms with Gasteiger partial charge in [0, 0.05) is 13.2 Å². The first-order valence-corrected chi connectivity index (χ1v) is 2.91. The van der Waals surface area contributed by atoms with Crippen LogP contribution in [0.25, 0.3) is 0 Å². The molecule has 54 valence electrons. The second kappa shape index (κ2) is 2.82. The predicted molar refractivity (Wildman–Crippen MR) is 39.2 cm³/mol. The maximum absolute atomic E-state index is 10.3. The highest BCUT2D eigenvalue weighted by molar-refractivity contribution is 5.74. The van der Waals surface area contributed by atoms with Crippen molar-refractivity contribution in [3.8, 4) is 6.07 Å². The number of aliphatic imine (C=N–C) groups is 1. The summed E-state index contributed by atoms with van der Waals surface area (Å²) in [6.07, 6.45) is 2.78. The second-order valence-corrected chi connectivity index (χ2v) is 1.98. The molecule has 4 nitrogen and oxygen atoms in total. The number of carbonyl (C=O) groups excluding carboxylic acids is 1. The first-order chi connectivity index (χ1) is 5.29. The molecule has 0 saturated carbocycles. The molecule has 0 N–H and O–H groups in total. The van der Waals surface area contributed by atoms with Gasteiger partial charge in [-0.3, -0.25) is 0 Å². The lowest BCUT2D eigenvalue weighted by Crippen LogP contribution is -2.19. The molecule has 0 saturated heterocycles. The lowest BCUT2D eigenvalue weighted by molar-refractivity contribution is 0.556. The maximum Gasteiger partial charge on any atom is 0.152 e. The van der Waals surface area contributed by atoms with E-state index in [-0.39, 0.29) is 11.3 Å². The molecule has 0 aliphatic carbocycles. The van der Waals surface area contributed by atoms with E-state index in [0.717, 1.165) is 0 Å². The zero-order valence-corrected chi connectivity index (χ0v) is 5.90. The summed E-state index contributed by atoms with van der Waals surface area (Å²) in [4.78, 5) is 15.5. The topological polar surface area (TPSA) is 56.5 Å². The van der Waals surface area contributed by atoms with Gasteiger partial charge in [-0.25, -0.2) is 9.79 Å². The summed E-state index contributed by atoms with van der Waals surface area (Å²) in [7, 11) is 1.63. The van der Waals surface area contributed by atoms with Crippen molar-refractivity contribution < 1.29 is 4.79 Å². The van der Waals surface area contributed by atoms with Crippen LogP contribution in [0.4, 0.5) is 0 Å². The molecule has 0 aromatic heterocycles. The van der Waals surface area contributed by atoms with Gasteiger partial charge in [0.05, 0.1) is 6.34 Å². The highest BCUT2D eigenvalue weighted by Crippen LogP contribution is 2.11. The number of hydrogen-bond acceptors (Lipinski definition) is 4. The number of hydrogen-bond donors (Lipinski definition) is 0. The molecule has 1 aliphatic rings. The summed E-state index contributed by atoms with van der Waals surface area (Å²) >= 11 is 0. The normalized spacial score (nSPS) is 15.5. The van der Waals surface area contributed by atoms with Crippen LogP contribution in [0.2, 0.25) is 0 Å². The number of likely N-dealkylation sites (N-methyl/N-ethyl adjacent to an activating group) is 1. The molecule has 11 heavy (non-hydrogen) atoms. The van der Waals surface area contributed by atoms with Crippen molar-refractivity contribution in [3.63, 3.8) is 0 Å². The van der Waals surface area contributed by atoms with E-state index in [4.69, 9.17) is 5.26 Å². The van der Waals surface area contributed by atoms with Crippen LogP contribution in [0.5, 0.6) is 0 Å². The smallest absolute Gasteiger partial charge is 0.152 e. The summed E-state index contributed by atoms with van der Waals surface area (Å²) in [5, 5.41) is 8.49. The van der Waals surface area contributed by atoms with Gasteiger partial charge in [-0.2, -0.15) is 5.26 Å². The highest BCUT2D eigenvalue weighted by Gasteiger charge is 2.12. The zero-order valence-electron chi connectivity index (χ0n) is 5.90. The minimum absolute atomic E-state index is 0.225. The molecule has 0 fully saturated rings. The summed E-state index contributed by atoms with van der Waals surface area (Å²) in [5.41, 5.74) is 0.465. The fourth-order valence-corrected chi connectivity index (χ4v) is 0.726. The maximum atomic E-state index is 10.3. The van der Waals surface area contributed by atoms with Crippen LogP contribution in [0, 0.1) is 11.3 Å². The van der Waals surface area contributed by atoms with Crippen molar-refractivity contribution >= 4 is 12.3 Å². The average Bonchev–Trinajstić information content (AvgIpc) is 2.04. The van der Waals surface area contributed by atoms with Crippen molar-refractivity contribution in [2.45, 2.75) is 0 Å². The van der Waals surface area contributed by atoms with Gasteiger partial charge in [-0.1, -0.05) is 0 Å². The van der Waals surface area contributed by atoms with Crippen molar-refractivity contribution in [1.82, 2.24) is 4.90 Å². The first-order valence-electron chi connectivity index (χ1n) is 2.91. The fourth-order valence-electron chi connectivity index (χ4n) is 0.726. The molecule has 0 aromatic rings. The Morgan fingerprint density at radius 1 is 1.73 bits per heavy atom. The van der Waals surface area contributed by atoms with E-state index in [1.807, 2.05) is 6.07 Å². The first kappa shape index (κ1) is 7.26. The van der Waals surface area contributed by atoms with Gasteiger partial charge in [-0.05, 0) is 0 Å². The number of allylic oxidation sites excluding steroid dienone is 1. The Morgan fingerprint density at radius 3 is 2.91 bits per heavy atom. The van der Waals surface area contributed by atoms with Crippen LogP contribution in [0.15, 0.2) is 22.5 Å².